The third kappa shape index (κ3) is 3.41. The highest BCUT2D eigenvalue weighted by molar-refractivity contribution is 5.95. The lowest BCUT2D eigenvalue weighted by Gasteiger charge is -2.37. The molecule has 0 aliphatic carbocycles. The van der Waals surface area contributed by atoms with Gasteiger partial charge in [-0.3, -0.25) is 4.79 Å². The predicted octanol–water partition coefficient (Wildman–Crippen LogP) is 3.24. The second-order valence-corrected chi connectivity index (χ2v) is 6.12. The van der Waals surface area contributed by atoms with Gasteiger partial charge in [0.1, 0.15) is 11.6 Å². The minimum absolute atomic E-state index is 0.107. The fourth-order valence-corrected chi connectivity index (χ4v) is 3.12. The van der Waals surface area contributed by atoms with Gasteiger partial charge in [-0.25, -0.2) is 4.39 Å². The first kappa shape index (κ1) is 16.5. The first-order valence-electron chi connectivity index (χ1n) is 8.00. The second kappa shape index (κ2) is 7.01. The molecule has 1 heterocycles. The predicted molar refractivity (Wildman–Crippen MR) is 91.7 cm³/mol. The number of hydrogen-bond acceptors (Lipinski definition) is 3. The van der Waals surface area contributed by atoms with Crippen molar-refractivity contribution in [3.05, 3.63) is 59.9 Å². The number of ether oxygens (including phenoxy) is 1. The summed E-state index contributed by atoms with van der Waals surface area (Å²) in [5.41, 5.74) is 2.07. The number of halogens is 1. The normalized spacial score (nSPS) is 16.8. The van der Waals surface area contributed by atoms with E-state index in [9.17, 15) is 9.18 Å². The van der Waals surface area contributed by atoms with E-state index >= 15 is 0 Å². The summed E-state index contributed by atoms with van der Waals surface area (Å²) in [4.78, 5) is 16.5. The number of benzene rings is 2. The number of anilines is 1. The highest BCUT2D eigenvalue weighted by Gasteiger charge is 2.29. The van der Waals surface area contributed by atoms with Gasteiger partial charge < -0.3 is 14.5 Å². The van der Waals surface area contributed by atoms with Crippen molar-refractivity contribution in [2.45, 2.75) is 12.5 Å². The molecule has 24 heavy (non-hydrogen) atoms. The lowest BCUT2D eigenvalue weighted by molar-refractivity contribution is -0.120. The molecule has 0 N–H and O–H groups in total. The van der Waals surface area contributed by atoms with Gasteiger partial charge in [0.15, 0.2) is 6.61 Å². The maximum atomic E-state index is 13.2. The van der Waals surface area contributed by atoms with Gasteiger partial charge in [-0.15, -0.1) is 0 Å². The SMILES string of the molecule is CN(C)C1CCN(C(=O)COc2cccc(F)c2)c2ccccc21. The summed E-state index contributed by atoms with van der Waals surface area (Å²) in [6.07, 6.45) is 0.871. The maximum absolute atomic E-state index is 13.2. The highest BCUT2D eigenvalue weighted by Crippen LogP contribution is 2.36. The minimum atomic E-state index is -0.378. The van der Waals surface area contributed by atoms with E-state index in [0.717, 1.165) is 17.7 Å². The molecule has 1 aliphatic rings. The molecule has 3 rings (SSSR count). The van der Waals surface area contributed by atoms with Crippen LogP contribution in [0.25, 0.3) is 0 Å². The molecule has 1 amide bonds. The molecule has 4 nitrogen and oxygen atoms in total. The smallest absolute Gasteiger partial charge is 0.264 e. The number of fused-ring (bicyclic) bond motifs is 1. The van der Waals surface area contributed by atoms with Crippen molar-refractivity contribution in [3.63, 3.8) is 0 Å². The molecule has 0 radical (unpaired) electrons. The van der Waals surface area contributed by atoms with Crippen molar-refractivity contribution in [1.82, 2.24) is 4.90 Å². The minimum Gasteiger partial charge on any atom is -0.484 e. The van der Waals surface area contributed by atoms with E-state index in [2.05, 4.69) is 11.0 Å². The monoisotopic (exact) mass is 328 g/mol. The van der Waals surface area contributed by atoms with Gasteiger partial charge in [0.2, 0.25) is 0 Å². The van der Waals surface area contributed by atoms with E-state index in [4.69, 9.17) is 4.74 Å². The molecular weight excluding hydrogens is 307 g/mol. The quantitative estimate of drug-likeness (QED) is 0.864. The van der Waals surface area contributed by atoms with Crippen LogP contribution < -0.4 is 9.64 Å². The van der Waals surface area contributed by atoms with Gasteiger partial charge in [-0.05, 0) is 44.3 Å². The number of para-hydroxylation sites is 1. The Kier molecular flexibility index (Phi) is 4.81. The number of carbonyl (C=O) groups excluding carboxylic acids is 1. The zero-order chi connectivity index (χ0) is 17.1. The van der Waals surface area contributed by atoms with Crippen molar-refractivity contribution >= 4 is 11.6 Å². The van der Waals surface area contributed by atoms with E-state index in [1.807, 2.05) is 32.3 Å². The Morgan fingerprint density at radius 2 is 2.04 bits per heavy atom. The van der Waals surface area contributed by atoms with Crippen molar-refractivity contribution in [3.8, 4) is 5.75 Å². The van der Waals surface area contributed by atoms with Crippen molar-refractivity contribution in [1.29, 1.82) is 0 Å². The summed E-state index contributed by atoms with van der Waals surface area (Å²) < 4.78 is 18.6. The fraction of sp³-hybridized carbons (Fsp3) is 0.316. The van der Waals surface area contributed by atoms with Crippen molar-refractivity contribution < 1.29 is 13.9 Å². The van der Waals surface area contributed by atoms with E-state index in [1.54, 1.807) is 17.0 Å². The van der Waals surface area contributed by atoms with Gasteiger partial charge in [-0.2, -0.15) is 0 Å². The Morgan fingerprint density at radius 1 is 1.25 bits per heavy atom. The van der Waals surface area contributed by atoms with E-state index in [0.29, 0.717) is 18.3 Å². The summed E-state index contributed by atoms with van der Waals surface area (Å²) in [7, 11) is 4.10. The molecule has 0 spiro atoms. The summed E-state index contributed by atoms with van der Waals surface area (Å²) >= 11 is 0. The average molecular weight is 328 g/mol. The van der Waals surface area contributed by atoms with Gasteiger partial charge in [0.25, 0.3) is 5.91 Å². The lowest BCUT2D eigenvalue weighted by atomic mass is 9.95. The third-order valence-corrected chi connectivity index (χ3v) is 4.30. The Morgan fingerprint density at radius 3 is 2.79 bits per heavy atom. The molecule has 2 aromatic rings. The standard InChI is InChI=1S/C19H21FN2O2/c1-21(2)17-10-11-22(18-9-4-3-8-16(17)18)19(23)13-24-15-7-5-6-14(20)12-15/h3-9,12,17H,10-11,13H2,1-2H3. The van der Waals surface area contributed by atoms with Crippen LogP contribution in [0.1, 0.15) is 18.0 Å². The number of carbonyl (C=O) groups is 1. The third-order valence-electron chi connectivity index (χ3n) is 4.30. The van der Waals surface area contributed by atoms with Crippen LogP contribution in [-0.2, 0) is 4.79 Å². The topological polar surface area (TPSA) is 32.8 Å². The summed E-state index contributed by atoms with van der Waals surface area (Å²) in [6.45, 7) is 0.537. The zero-order valence-electron chi connectivity index (χ0n) is 13.9. The largest absolute Gasteiger partial charge is 0.484 e. The van der Waals surface area contributed by atoms with Crippen LogP contribution in [0.15, 0.2) is 48.5 Å². The number of amides is 1. The van der Waals surface area contributed by atoms with Crippen LogP contribution in [-0.4, -0.2) is 38.1 Å². The molecule has 0 saturated carbocycles. The van der Waals surface area contributed by atoms with E-state index < -0.39 is 0 Å². The van der Waals surface area contributed by atoms with Crippen molar-refractivity contribution in [2.75, 3.05) is 32.1 Å². The first-order valence-corrected chi connectivity index (χ1v) is 8.00. The van der Waals surface area contributed by atoms with Crippen LogP contribution >= 0.6 is 0 Å². The molecule has 0 fully saturated rings. The maximum Gasteiger partial charge on any atom is 0.264 e. The summed E-state index contributed by atoms with van der Waals surface area (Å²) in [5.74, 6) is -0.138. The molecule has 5 heteroatoms. The van der Waals surface area contributed by atoms with E-state index in [1.165, 1.54) is 12.1 Å². The highest BCUT2D eigenvalue weighted by atomic mass is 19.1. The van der Waals surface area contributed by atoms with Crippen LogP contribution in [0.4, 0.5) is 10.1 Å². The Hall–Kier alpha value is -2.40. The summed E-state index contributed by atoms with van der Waals surface area (Å²) in [5, 5.41) is 0. The number of rotatable bonds is 4. The molecule has 0 aromatic heterocycles. The molecule has 1 atom stereocenters. The molecule has 2 aromatic carbocycles. The van der Waals surface area contributed by atoms with Gasteiger partial charge >= 0.3 is 0 Å². The van der Waals surface area contributed by atoms with Crippen LogP contribution in [0.3, 0.4) is 0 Å². The Bertz CT molecular complexity index is 733. The molecule has 0 saturated heterocycles. The Balaban J connectivity index is 1.74. The zero-order valence-corrected chi connectivity index (χ0v) is 13.9. The molecule has 0 bridgehead atoms. The van der Waals surface area contributed by atoms with Crippen LogP contribution in [0.2, 0.25) is 0 Å². The van der Waals surface area contributed by atoms with Gasteiger partial charge in [0.05, 0.1) is 0 Å². The molecule has 126 valence electrons. The first-order chi connectivity index (χ1) is 11.6. The number of hydrogen-bond donors (Lipinski definition) is 0. The molecular formula is C19H21FN2O2. The molecule has 1 aliphatic heterocycles. The van der Waals surface area contributed by atoms with E-state index in [-0.39, 0.29) is 18.3 Å². The van der Waals surface area contributed by atoms with Gasteiger partial charge in [-0.1, -0.05) is 24.3 Å². The van der Waals surface area contributed by atoms with Crippen molar-refractivity contribution in [2.24, 2.45) is 0 Å². The van der Waals surface area contributed by atoms with Gasteiger partial charge in [0, 0.05) is 24.3 Å². The number of nitrogens with zero attached hydrogens (tertiary/aromatic N) is 2. The Labute approximate surface area is 141 Å². The fourth-order valence-electron chi connectivity index (χ4n) is 3.12. The summed E-state index contributed by atoms with van der Waals surface area (Å²) in [6, 6.07) is 14.1. The van der Waals surface area contributed by atoms with Crippen LogP contribution in [0.5, 0.6) is 5.75 Å². The second-order valence-electron chi connectivity index (χ2n) is 6.12. The molecule has 1 unspecified atom stereocenters. The van der Waals surface area contributed by atoms with Crippen LogP contribution in [0, 0.1) is 5.82 Å². The average Bonchev–Trinajstić information content (AvgIpc) is 2.58. The lowest BCUT2D eigenvalue weighted by Crippen LogP contribution is -2.41.